The quantitative estimate of drug-likeness (QED) is 0.626. The van der Waals surface area contributed by atoms with Gasteiger partial charge in [-0.15, -0.1) is 11.8 Å². The molecule has 19 heavy (non-hydrogen) atoms. The van der Waals surface area contributed by atoms with Gasteiger partial charge in [-0.2, -0.15) is 0 Å². The Morgan fingerprint density at radius 2 is 1.89 bits per heavy atom. The highest BCUT2D eigenvalue weighted by Crippen LogP contribution is 2.23. The van der Waals surface area contributed by atoms with E-state index in [1.807, 2.05) is 23.9 Å². The van der Waals surface area contributed by atoms with Crippen LogP contribution in [0.1, 0.15) is 40.0 Å². The van der Waals surface area contributed by atoms with Crippen LogP contribution < -0.4 is 5.32 Å². The van der Waals surface area contributed by atoms with Crippen LogP contribution >= 0.6 is 23.4 Å². The van der Waals surface area contributed by atoms with E-state index >= 15 is 0 Å². The number of hydrogen-bond acceptors (Lipinski definition) is 2. The van der Waals surface area contributed by atoms with Crippen LogP contribution in [0.2, 0.25) is 5.02 Å². The third kappa shape index (κ3) is 7.24. The molecule has 108 valence electrons. The van der Waals surface area contributed by atoms with Crippen LogP contribution in [0.25, 0.3) is 0 Å². The number of benzene rings is 1. The summed E-state index contributed by atoms with van der Waals surface area (Å²) in [6, 6.07) is 8.75. The third-order valence-electron chi connectivity index (χ3n) is 3.33. The normalized spacial score (nSPS) is 14.3. The van der Waals surface area contributed by atoms with Gasteiger partial charge < -0.3 is 5.32 Å². The fourth-order valence-electron chi connectivity index (χ4n) is 1.94. The summed E-state index contributed by atoms with van der Waals surface area (Å²) < 4.78 is 0. The van der Waals surface area contributed by atoms with E-state index in [9.17, 15) is 0 Å². The maximum Gasteiger partial charge on any atom is 0.0406 e. The molecule has 1 N–H and O–H groups in total. The summed E-state index contributed by atoms with van der Waals surface area (Å²) in [5, 5.41) is 4.48. The van der Waals surface area contributed by atoms with Crippen molar-refractivity contribution in [3.63, 3.8) is 0 Å². The summed E-state index contributed by atoms with van der Waals surface area (Å²) in [6.07, 6.45) is 3.72. The second kappa shape index (κ2) is 9.68. The molecule has 0 fully saturated rings. The number of thioether (sulfide) groups is 1. The summed E-state index contributed by atoms with van der Waals surface area (Å²) in [7, 11) is 0. The van der Waals surface area contributed by atoms with E-state index in [1.165, 1.54) is 24.2 Å². The molecule has 2 unspecified atom stereocenters. The number of nitrogens with one attached hydrogen (secondary N) is 1. The molecule has 0 spiro atoms. The van der Waals surface area contributed by atoms with Crippen molar-refractivity contribution in [2.24, 2.45) is 5.92 Å². The smallest absolute Gasteiger partial charge is 0.0406 e. The van der Waals surface area contributed by atoms with E-state index in [1.54, 1.807) is 0 Å². The number of halogens is 1. The molecule has 0 saturated carbocycles. The SMILES string of the molecule is CCCNC(CSc1ccc(Cl)cc1)CC(C)CC. The van der Waals surface area contributed by atoms with Crippen molar-refractivity contribution < 1.29 is 0 Å². The zero-order chi connectivity index (χ0) is 14.1. The minimum Gasteiger partial charge on any atom is -0.313 e. The van der Waals surface area contributed by atoms with Gasteiger partial charge in [-0.05, 0) is 49.6 Å². The molecule has 1 aromatic carbocycles. The predicted octanol–water partition coefficient (Wildman–Crippen LogP) is 5.24. The molecule has 1 aromatic rings. The van der Waals surface area contributed by atoms with Crippen LogP contribution in [0.3, 0.4) is 0 Å². The van der Waals surface area contributed by atoms with E-state index in [0.29, 0.717) is 6.04 Å². The van der Waals surface area contributed by atoms with Gasteiger partial charge in [-0.25, -0.2) is 0 Å². The molecule has 0 saturated heterocycles. The molecule has 0 heterocycles. The lowest BCUT2D eigenvalue weighted by Gasteiger charge is -2.21. The lowest BCUT2D eigenvalue weighted by atomic mass is 10.0. The van der Waals surface area contributed by atoms with Crippen LogP contribution in [-0.2, 0) is 0 Å². The first-order valence-electron chi connectivity index (χ1n) is 7.27. The summed E-state index contributed by atoms with van der Waals surface area (Å²) in [5.74, 6) is 1.92. The number of rotatable bonds is 9. The molecule has 1 nitrogen and oxygen atoms in total. The van der Waals surface area contributed by atoms with Crippen molar-refractivity contribution in [1.29, 1.82) is 0 Å². The first-order chi connectivity index (χ1) is 9.15. The summed E-state index contributed by atoms with van der Waals surface area (Å²) in [5.41, 5.74) is 0. The van der Waals surface area contributed by atoms with Gasteiger partial charge in [0.1, 0.15) is 0 Å². The van der Waals surface area contributed by atoms with Crippen molar-refractivity contribution >= 4 is 23.4 Å². The molecule has 2 atom stereocenters. The highest BCUT2D eigenvalue weighted by molar-refractivity contribution is 7.99. The molecule has 0 amide bonds. The van der Waals surface area contributed by atoms with Crippen LogP contribution in [0.15, 0.2) is 29.2 Å². The second-order valence-electron chi connectivity index (χ2n) is 5.17. The van der Waals surface area contributed by atoms with Gasteiger partial charge >= 0.3 is 0 Å². The van der Waals surface area contributed by atoms with Crippen molar-refractivity contribution in [2.45, 2.75) is 51.0 Å². The lowest BCUT2D eigenvalue weighted by molar-refractivity contribution is 0.417. The van der Waals surface area contributed by atoms with Crippen molar-refractivity contribution in [2.75, 3.05) is 12.3 Å². The lowest BCUT2D eigenvalue weighted by Crippen LogP contribution is -2.33. The zero-order valence-electron chi connectivity index (χ0n) is 12.3. The molecule has 0 bridgehead atoms. The molecule has 3 heteroatoms. The van der Waals surface area contributed by atoms with Gasteiger partial charge in [-0.3, -0.25) is 0 Å². The first kappa shape index (κ1) is 16.9. The average Bonchev–Trinajstić information content (AvgIpc) is 2.43. The maximum absolute atomic E-state index is 5.91. The Hall–Kier alpha value is -0.180. The van der Waals surface area contributed by atoms with E-state index < -0.39 is 0 Å². The summed E-state index contributed by atoms with van der Waals surface area (Å²) in [4.78, 5) is 1.30. The zero-order valence-corrected chi connectivity index (χ0v) is 13.9. The van der Waals surface area contributed by atoms with E-state index in [2.05, 4.69) is 38.2 Å². The molecule has 0 aliphatic carbocycles. The van der Waals surface area contributed by atoms with Gasteiger partial charge in [0.15, 0.2) is 0 Å². The molecular weight excluding hydrogens is 274 g/mol. The Balaban J connectivity index is 2.44. The Labute approximate surface area is 127 Å². The Kier molecular flexibility index (Phi) is 8.60. The van der Waals surface area contributed by atoms with Crippen molar-refractivity contribution in [3.8, 4) is 0 Å². The highest BCUT2D eigenvalue weighted by atomic mass is 35.5. The topological polar surface area (TPSA) is 12.0 Å². The Morgan fingerprint density at radius 1 is 1.21 bits per heavy atom. The standard InChI is InChI=1S/C16H26ClNS/c1-4-10-18-15(11-13(3)5-2)12-19-16-8-6-14(17)7-9-16/h6-9,13,15,18H,4-5,10-12H2,1-3H3. The largest absolute Gasteiger partial charge is 0.313 e. The Bertz CT molecular complexity index is 339. The second-order valence-corrected chi connectivity index (χ2v) is 6.69. The van der Waals surface area contributed by atoms with Crippen LogP contribution in [0.5, 0.6) is 0 Å². The third-order valence-corrected chi connectivity index (χ3v) is 4.76. The molecule has 0 aliphatic heterocycles. The van der Waals surface area contributed by atoms with Gasteiger partial charge in [0.2, 0.25) is 0 Å². The van der Waals surface area contributed by atoms with Gasteiger partial charge in [0, 0.05) is 21.7 Å². The van der Waals surface area contributed by atoms with Gasteiger partial charge in [0.25, 0.3) is 0 Å². The molecule has 0 radical (unpaired) electrons. The minimum absolute atomic E-state index is 0.607. The van der Waals surface area contributed by atoms with Gasteiger partial charge in [0.05, 0.1) is 0 Å². The number of hydrogen-bond donors (Lipinski definition) is 1. The van der Waals surface area contributed by atoms with E-state index in [0.717, 1.165) is 23.2 Å². The maximum atomic E-state index is 5.91. The van der Waals surface area contributed by atoms with Crippen LogP contribution in [0.4, 0.5) is 0 Å². The Morgan fingerprint density at radius 3 is 2.47 bits per heavy atom. The van der Waals surface area contributed by atoms with Gasteiger partial charge in [-0.1, -0.05) is 38.8 Å². The predicted molar refractivity (Wildman–Crippen MR) is 88.3 cm³/mol. The van der Waals surface area contributed by atoms with Crippen LogP contribution in [0, 0.1) is 5.92 Å². The van der Waals surface area contributed by atoms with E-state index in [4.69, 9.17) is 11.6 Å². The average molecular weight is 300 g/mol. The van der Waals surface area contributed by atoms with E-state index in [-0.39, 0.29) is 0 Å². The van der Waals surface area contributed by atoms with Crippen LogP contribution in [-0.4, -0.2) is 18.3 Å². The molecule has 1 rings (SSSR count). The summed E-state index contributed by atoms with van der Waals surface area (Å²) >= 11 is 7.83. The van der Waals surface area contributed by atoms with Crippen molar-refractivity contribution in [3.05, 3.63) is 29.3 Å². The molecule has 0 aliphatic rings. The molecule has 0 aromatic heterocycles. The molecular formula is C16H26ClNS. The fourth-order valence-corrected chi connectivity index (χ4v) is 3.04. The minimum atomic E-state index is 0.607. The monoisotopic (exact) mass is 299 g/mol. The van der Waals surface area contributed by atoms with Crippen molar-refractivity contribution in [1.82, 2.24) is 5.32 Å². The summed E-state index contributed by atoms with van der Waals surface area (Å²) in [6.45, 7) is 7.95. The highest BCUT2D eigenvalue weighted by Gasteiger charge is 2.12. The fraction of sp³-hybridized carbons (Fsp3) is 0.625. The first-order valence-corrected chi connectivity index (χ1v) is 8.63.